The van der Waals surface area contributed by atoms with E-state index in [0.717, 1.165) is 14.3 Å². The van der Waals surface area contributed by atoms with Gasteiger partial charge in [-0.3, -0.25) is 13.9 Å². The molecule has 3 rings (SSSR count). The van der Waals surface area contributed by atoms with Gasteiger partial charge in [-0.25, -0.2) is 8.42 Å². The number of carbonyl (C=O) groups is 2. The molecule has 190 valence electrons. The van der Waals surface area contributed by atoms with Gasteiger partial charge in [-0.15, -0.1) is 0 Å². The highest BCUT2D eigenvalue weighted by Gasteiger charge is 2.32. The molecule has 0 fully saturated rings. The molecule has 0 aliphatic heterocycles. The van der Waals surface area contributed by atoms with Crippen LogP contribution in [0.4, 0.5) is 5.69 Å². The van der Waals surface area contributed by atoms with Crippen LogP contribution in [0.5, 0.6) is 0 Å². The largest absolute Gasteiger partial charge is 0.357 e. The summed E-state index contributed by atoms with van der Waals surface area (Å²) in [7, 11) is -2.62. The van der Waals surface area contributed by atoms with E-state index in [9.17, 15) is 18.0 Å². The van der Waals surface area contributed by atoms with E-state index in [-0.39, 0.29) is 17.3 Å². The minimum absolute atomic E-state index is 0.0336. The third kappa shape index (κ3) is 6.46. The van der Waals surface area contributed by atoms with Crippen LogP contribution in [-0.2, 0) is 26.2 Å². The Labute approximate surface area is 225 Å². The molecule has 10 heteroatoms. The lowest BCUT2D eigenvalue weighted by Crippen LogP contribution is -2.50. The predicted molar refractivity (Wildman–Crippen MR) is 145 cm³/mol. The van der Waals surface area contributed by atoms with Gasteiger partial charge in [0.05, 0.1) is 10.6 Å². The molecule has 0 aliphatic rings. The van der Waals surface area contributed by atoms with Gasteiger partial charge in [0, 0.05) is 23.1 Å². The van der Waals surface area contributed by atoms with Crippen LogP contribution in [0.2, 0.25) is 5.02 Å². The lowest BCUT2D eigenvalue weighted by Gasteiger charge is -2.32. The van der Waals surface area contributed by atoms with Gasteiger partial charge in [0.1, 0.15) is 12.6 Å². The van der Waals surface area contributed by atoms with Gasteiger partial charge < -0.3 is 10.2 Å². The minimum atomic E-state index is -4.10. The highest BCUT2D eigenvalue weighted by atomic mass is 79.9. The van der Waals surface area contributed by atoms with Gasteiger partial charge in [0.2, 0.25) is 11.8 Å². The monoisotopic (exact) mass is 591 g/mol. The molecule has 3 aromatic rings. The van der Waals surface area contributed by atoms with Crippen LogP contribution in [0.1, 0.15) is 18.1 Å². The van der Waals surface area contributed by atoms with E-state index >= 15 is 0 Å². The fourth-order valence-electron chi connectivity index (χ4n) is 3.58. The van der Waals surface area contributed by atoms with Crippen molar-refractivity contribution in [1.29, 1.82) is 0 Å². The first-order valence-electron chi connectivity index (χ1n) is 11.1. The van der Waals surface area contributed by atoms with Crippen LogP contribution in [0, 0.1) is 6.92 Å². The Hall–Kier alpha value is -2.88. The van der Waals surface area contributed by atoms with Crippen molar-refractivity contribution in [3.63, 3.8) is 0 Å². The molecule has 0 heterocycles. The molecule has 1 atom stereocenters. The molecule has 0 aliphatic carbocycles. The zero-order valence-corrected chi connectivity index (χ0v) is 23.3. The van der Waals surface area contributed by atoms with Crippen LogP contribution in [0.25, 0.3) is 0 Å². The summed E-state index contributed by atoms with van der Waals surface area (Å²) in [6.07, 6.45) is 0. The summed E-state index contributed by atoms with van der Waals surface area (Å²) >= 11 is 9.68. The molecule has 0 saturated heterocycles. The van der Waals surface area contributed by atoms with Crippen molar-refractivity contribution in [2.75, 3.05) is 17.9 Å². The Morgan fingerprint density at radius 3 is 2.19 bits per heavy atom. The molecule has 0 radical (unpaired) electrons. The van der Waals surface area contributed by atoms with E-state index < -0.39 is 28.5 Å². The van der Waals surface area contributed by atoms with Crippen LogP contribution >= 0.6 is 27.5 Å². The molecule has 0 bridgehead atoms. The Balaban J connectivity index is 2.03. The lowest BCUT2D eigenvalue weighted by atomic mass is 10.1. The summed E-state index contributed by atoms with van der Waals surface area (Å²) in [4.78, 5) is 27.6. The average Bonchev–Trinajstić information content (AvgIpc) is 2.86. The van der Waals surface area contributed by atoms with Crippen molar-refractivity contribution in [3.8, 4) is 0 Å². The summed E-state index contributed by atoms with van der Waals surface area (Å²) in [5.74, 6) is -0.934. The molecule has 7 nitrogen and oxygen atoms in total. The quantitative estimate of drug-likeness (QED) is 0.388. The van der Waals surface area contributed by atoms with Crippen LogP contribution in [0.3, 0.4) is 0 Å². The summed E-state index contributed by atoms with van der Waals surface area (Å²) in [5, 5.41) is 2.99. The first kappa shape index (κ1) is 27.7. The van der Waals surface area contributed by atoms with Crippen molar-refractivity contribution in [3.05, 3.63) is 93.4 Å². The Morgan fingerprint density at radius 2 is 1.61 bits per heavy atom. The number of benzene rings is 3. The van der Waals surface area contributed by atoms with E-state index in [1.807, 2.05) is 6.92 Å². The normalized spacial score (nSPS) is 12.0. The van der Waals surface area contributed by atoms with Crippen molar-refractivity contribution in [2.24, 2.45) is 0 Å². The smallest absolute Gasteiger partial charge is 0.264 e. The number of carbonyl (C=O) groups excluding carboxylic acids is 2. The maximum absolute atomic E-state index is 13.7. The average molecular weight is 593 g/mol. The number of halogens is 2. The fourth-order valence-corrected chi connectivity index (χ4v) is 5.45. The third-order valence-electron chi connectivity index (χ3n) is 5.71. The summed E-state index contributed by atoms with van der Waals surface area (Å²) in [5.41, 5.74) is 1.86. The molecule has 2 amide bonds. The molecule has 36 heavy (non-hydrogen) atoms. The number of rotatable bonds is 9. The number of hydrogen-bond acceptors (Lipinski definition) is 4. The zero-order valence-electron chi connectivity index (χ0n) is 20.1. The number of nitrogens with zero attached hydrogens (tertiary/aromatic N) is 2. The first-order valence-corrected chi connectivity index (χ1v) is 13.7. The number of nitrogens with one attached hydrogen (secondary N) is 1. The van der Waals surface area contributed by atoms with Crippen molar-refractivity contribution < 1.29 is 18.0 Å². The van der Waals surface area contributed by atoms with E-state index in [0.29, 0.717) is 16.3 Å². The number of sulfonamides is 1. The van der Waals surface area contributed by atoms with E-state index in [1.165, 1.54) is 24.1 Å². The third-order valence-corrected chi connectivity index (χ3v) is 8.40. The Kier molecular flexibility index (Phi) is 9.16. The highest BCUT2D eigenvalue weighted by Crippen LogP contribution is 2.27. The Bertz CT molecular complexity index is 1330. The van der Waals surface area contributed by atoms with Crippen molar-refractivity contribution in [2.45, 2.75) is 31.3 Å². The maximum atomic E-state index is 13.7. The van der Waals surface area contributed by atoms with E-state index in [1.54, 1.807) is 67.6 Å². The summed E-state index contributed by atoms with van der Waals surface area (Å²) < 4.78 is 29.2. The molecule has 1 unspecified atom stereocenters. The lowest BCUT2D eigenvalue weighted by molar-refractivity contribution is -0.139. The van der Waals surface area contributed by atoms with Crippen LogP contribution in [-0.4, -0.2) is 44.8 Å². The molecule has 0 saturated carbocycles. The molecule has 0 aromatic heterocycles. The first-order chi connectivity index (χ1) is 17.0. The number of likely N-dealkylation sites (N-methyl/N-ethyl adjacent to an activating group) is 1. The zero-order chi connectivity index (χ0) is 26.5. The van der Waals surface area contributed by atoms with E-state index in [2.05, 4.69) is 21.2 Å². The second kappa shape index (κ2) is 11.9. The second-order valence-electron chi connectivity index (χ2n) is 8.20. The van der Waals surface area contributed by atoms with Gasteiger partial charge in [-0.05, 0) is 61.9 Å². The molecule has 0 spiro atoms. The van der Waals surface area contributed by atoms with Gasteiger partial charge >= 0.3 is 0 Å². The number of aryl methyl sites for hydroxylation is 1. The van der Waals surface area contributed by atoms with E-state index in [4.69, 9.17) is 11.6 Å². The maximum Gasteiger partial charge on any atom is 0.264 e. The van der Waals surface area contributed by atoms with Crippen molar-refractivity contribution in [1.82, 2.24) is 10.2 Å². The van der Waals surface area contributed by atoms with Gasteiger partial charge in [0.15, 0.2) is 0 Å². The van der Waals surface area contributed by atoms with Crippen LogP contribution < -0.4 is 9.62 Å². The standard InChI is InChI=1S/C26H27BrClN3O4S/c1-18-8-14-23(15-9-18)36(34,35)31(22-12-10-21(27)11-13-22)17-25(32)30(19(2)26(33)29-3)16-20-6-4-5-7-24(20)28/h4-15,19H,16-17H2,1-3H3,(H,29,33). The highest BCUT2D eigenvalue weighted by molar-refractivity contribution is 9.10. The van der Waals surface area contributed by atoms with Gasteiger partial charge in [-0.1, -0.05) is 63.4 Å². The van der Waals surface area contributed by atoms with Gasteiger partial charge in [-0.2, -0.15) is 0 Å². The number of hydrogen-bond donors (Lipinski definition) is 1. The summed E-state index contributed by atoms with van der Waals surface area (Å²) in [6.45, 7) is 2.97. The minimum Gasteiger partial charge on any atom is -0.357 e. The molecule has 3 aromatic carbocycles. The SMILES string of the molecule is CNC(=O)C(C)N(Cc1ccccc1Cl)C(=O)CN(c1ccc(Br)cc1)S(=O)(=O)c1ccc(C)cc1. The Morgan fingerprint density at radius 1 is 1.00 bits per heavy atom. The second-order valence-corrected chi connectivity index (χ2v) is 11.4. The topological polar surface area (TPSA) is 86.8 Å². The van der Waals surface area contributed by atoms with Crippen LogP contribution in [0.15, 0.2) is 82.2 Å². The summed E-state index contributed by atoms with van der Waals surface area (Å²) in [6, 6.07) is 19.2. The van der Waals surface area contributed by atoms with Gasteiger partial charge in [0.25, 0.3) is 10.0 Å². The number of amides is 2. The molecular weight excluding hydrogens is 566 g/mol. The predicted octanol–water partition coefficient (Wildman–Crippen LogP) is 4.77. The fraction of sp³-hybridized carbons (Fsp3) is 0.231. The molecular formula is C26H27BrClN3O4S. The molecule has 1 N–H and O–H groups in total. The van der Waals surface area contributed by atoms with Crippen molar-refractivity contribution >= 4 is 55.1 Å². The number of anilines is 1.